The molecule has 3 aromatic rings. The number of carbonyl (C=O) groups excluding carboxylic acids is 1. The number of hydrogen-bond donors (Lipinski definition) is 0. The average Bonchev–Trinajstić information content (AvgIpc) is 3.02. The maximum absolute atomic E-state index is 12.7. The molecule has 25 heavy (non-hydrogen) atoms. The van der Waals surface area contributed by atoms with Crippen molar-refractivity contribution in [2.45, 2.75) is 6.92 Å². The van der Waals surface area contributed by atoms with Crippen LogP contribution in [0.15, 0.2) is 36.7 Å². The molecule has 1 saturated heterocycles. The lowest BCUT2D eigenvalue weighted by Crippen LogP contribution is -2.40. The summed E-state index contributed by atoms with van der Waals surface area (Å²) in [5.74, 6) is 0.0705. The Bertz CT molecular complexity index is 947. The fourth-order valence-corrected chi connectivity index (χ4v) is 3.49. The Morgan fingerprint density at radius 3 is 2.80 bits per heavy atom. The summed E-state index contributed by atoms with van der Waals surface area (Å²) in [7, 11) is 0. The van der Waals surface area contributed by atoms with Crippen molar-refractivity contribution >= 4 is 34.1 Å². The third-order valence-electron chi connectivity index (χ3n) is 4.38. The first kappa shape index (κ1) is 16.5. The van der Waals surface area contributed by atoms with Crippen molar-refractivity contribution in [3.05, 3.63) is 51.4 Å². The zero-order chi connectivity index (χ0) is 17.4. The van der Waals surface area contributed by atoms with Gasteiger partial charge in [0.05, 0.1) is 28.7 Å². The molecule has 6 nitrogen and oxygen atoms in total. The van der Waals surface area contributed by atoms with Gasteiger partial charge in [0, 0.05) is 30.4 Å². The van der Waals surface area contributed by atoms with Crippen LogP contribution in [0.5, 0.6) is 0 Å². The van der Waals surface area contributed by atoms with E-state index in [4.69, 9.17) is 9.72 Å². The second-order valence-electron chi connectivity index (χ2n) is 6.01. The van der Waals surface area contributed by atoms with E-state index in [1.54, 1.807) is 10.7 Å². The number of aromatic nitrogens is 3. The average molecular weight is 448 g/mol. The van der Waals surface area contributed by atoms with Gasteiger partial charge in [-0.25, -0.2) is 9.50 Å². The van der Waals surface area contributed by atoms with Crippen LogP contribution in [0.3, 0.4) is 0 Å². The Labute approximate surface area is 158 Å². The van der Waals surface area contributed by atoms with Crippen molar-refractivity contribution in [1.29, 1.82) is 0 Å². The van der Waals surface area contributed by atoms with Crippen LogP contribution in [-0.2, 0) is 4.74 Å². The standard InChI is InChI=1S/C18H17IN4O2/c1-12-10-13(16-4-5-23-17(21-16)15(19)11-20-23)2-3-14(12)18(24)22-6-8-25-9-7-22/h2-5,10-11H,6-9H2,1H3. The molecule has 0 atom stereocenters. The van der Waals surface area contributed by atoms with E-state index in [9.17, 15) is 4.79 Å². The lowest BCUT2D eigenvalue weighted by atomic mass is 10.0. The SMILES string of the molecule is Cc1cc(-c2ccn3ncc(I)c3n2)ccc1C(=O)N1CCOCC1. The first-order valence-corrected chi connectivity index (χ1v) is 9.19. The number of nitrogens with zero attached hydrogens (tertiary/aromatic N) is 4. The zero-order valence-electron chi connectivity index (χ0n) is 13.8. The molecule has 3 heterocycles. The van der Waals surface area contributed by atoms with E-state index in [0.717, 1.165) is 31.6 Å². The normalized spacial score (nSPS) is 14.9. The predicted molar refractivity (Wildman–Crippen MR) is 103 cm³/mol. The van der Waals surface area contributed by atoms with Crippen LogP contribution in [0.25, 0.3) is 16.9 Å². The molecule has 1 aromatic carbocycles. The van der Waals surface area contributed by atoms with Gasteiger partial charge < -0.3 is 9.64 Å². The molecule has 128 valence electrons. The molecule has 1 fully saturated rings. The Kier molecular flexibility index (Phi) is 4.43. The Balaban J connectivity index is 1.66. The largest absolute Gasteiger partial charge is 0.378 e. The van der Waals surface area contributed by atoms with Crippen LogP contribution in [-0.4, -0.2) is 51.7 Å². The summed E-state index contributed by atoms with van der Waals surface area (Å²) >= 11 is 2.23. The van der Waals surface area contributed by atoms with E-state index < -0.39 is 0 Å². The van der Waals surface area contributed by atoms with Crippen molar-refractivity contribution < 1.29 is 9.53 Å². The van der Waals surface area contributed by atoms with Gasteiger partial charge in [0.2, 0.25) is 0 Å². The van der Waals surface area contributed by atoms with Crippen LogP contribution in [0.4, 0.5) is 0 Å². The van der Waals surface area contributed by atoms with E-state index in [2.05, 4.69) is 27.7 Å². The molecule has 0 spiro atoms. The number of hydrogen-bond acceptors (Lipinski definition) is 4. The second-order valence-corrected chi connectivity index (χ2v) is 7.17. The lowest BCUT2D eigenvalue weighted by Gasteiger charge is -2.27. The second kappa shape index (κ2) is 6.72. The number of halogens is 1. The highest BCUT2D eigenvalue weighted by atomic mass is 127. The number of carbonyl (C=O) groups is 1. The predicted octanol–water partition coefficient (Wildman–Crippen LogP) is 2.78. The van der Waals surface area contributed by atoms with E-state index in [-0.39, 0.29) is 5.91 Å². The highest BCUT2D eigenvalue weighted by molar-refractivity contribution is 14.1. The maximum Gasteiger partial charge on any atom is 0.254 e. The third-order valence-corrected chi connectivity index (χ3v) is 5.14. The molecule has 1 aliphatic heterocycles. The van der Waals surface area contributed by atoms with Crippen LogP contribution in [0.1, 0.15) is 15.9 Å². The molecule has 1 aliphatic rings. The summed E-state index contributed by atoms with van der Waals surface area (Å²) in [5, 5.41) is 4.25. The Morgan fingerprint density at radius 2 is 2.04 bits per heavy atom. The molecule has 4 rings (SSSR count). The van der Waals surface area contributed by atoms with Crippen LogP contribution >= 0.6 is 22.6 Å². The minimum Gasteiger partial charge on any atom is -0.378 e. The molecule has 1 amide bonds. The van der Waals surface area contributed by atoms with Gasteiger partial charge in [-0.05, 0) is 53.3 Å². The van der Waals surface area contributed by atoms with Gasteiger partial charge in [-0.1, -0.05) is 6.07 Å². The van der Waals surface area contributed by atoms with Crippen molar-refractivity contribution in [2.75, 3.05) is 26.3 Å². The van der Waals surface area contributed by atoms with Gasteiger partial charge in [0.15, 0.2) is 5.65 Å². The van der Waals surface area contributed by atoms with Gasteiger partial charge in [-0.3, -0.25) is 4.79 Å². The van der Waals surface area contributed by atoms with Crippen LogP contribution < -0.4 is 0 Å². The topological polar surface area (TPSA) is 59.7 Å². The molecule has 0 unspecified atom stereocenters. The van der Waals surface area contributed by atoms with Gasteiger partial charge in [0.25, 0.3) is 5.91 Å². The quantitative estimate of drug-likeness (QED) is 0.566. The van der Waals surface area contributed by atoms with Gasteiger partial charge >= 0.3 is 0 Å². The Hall–Kier alpha value is -2.00. The number of ether oxygens (including phenoxy) is 1. The molecule has 0 N–H and O–H groups in total. The summed E-state index contributed by atoms with van der Waals surface area (Å²) in [5.41, 5.74) is 4.41. The number of morpholine rings is 1. The van der Waals surface area contributed by atoms with Gasteiger partial charge in [-0.2, -0.15) is 5.10 Å². The van der Waals surface area contributed by atoms with Crippen molar-refractivity contribution in [3.8, 4) is 11.3 Å². The maximum atomic E-state index is 12.7. The fourth-order valence-electron chi connectivity index (χ4n) is 3.00. The molecular formula is C18H17IN4O2. The lowest BCUT2D eigenvalue weighted by molar-refractivity contribution is 0.0302. The highest BCUT2D eigenvalue weighted by Gasteiger charge is 2.20. The molecule has 2 aromatic heterocycles. The van der Waals surface area contributed by atoms with Gasteiger partial charge in [-0.15, -0.1) is 0 Å². The van der Waals surface area contributed by atoms with Crippen LogP contribution in [0, 0.1) is 10.5 Å². The molecule has 0 aliphatic carbocycles. The van der Waals surface area contributed by atoms with Crippen molar-refractivity contribution in [2.24, 2.45) is 0 Å². The third kappa shape index (κ3) is 3.13. The fraction of sp³-hybridized carbons (Fsp3) is 0.278. The summed E-state index contributed by atoms with van der Waals surface area (Å²) in [4.78, 5) is 19.2. The molecule has 0 radical (unpaired) electrons. The number of aryl methyl sites for hydroxylation is 1. The summed E-state index contributed by atoms with van der Waals surface area (Å²) < 4.78 is 8.09. The molecule has 0 bridgehead atoms. The monoisotopic (exact) mass is 448 g/mol. The van der Waals surface area contributed by atoms with Crippen molar-refractivity contribution in [1.82, 2.24) is 19.5 Å². The minimum absolute atomic E-state index is 0.0705. The molecule has 0 saturated carbocycles. The van der Waals surface area contributed by atoms with Crippen molar-refractivity contribution in [3.63, 3.8) is 0 Å². The summed E-state index contributed by atoms with van der Waals surface area (Å²) in [6.45, 7) is 4.49. The first-order valence-electron chi connectivity index (χ1n) is 8.11. The number of fused-ring (bicyclic) bond motifs is 1. The number of benzene rings is 1. The number of amides is 1. The summed E-state index contributed by atoms with van der Waals surface area (Å²) in [6, 6.07) is 7.82. The van der Waals surface area contributed by atoms with Gasteiger partial charge in [0.1, 0.15) is 0 Å². The minimum atomic E-state index is 0.0705. The first-order chi connectivity index (χ1) is 12.1. The molecular weight excluding hydrogens is 431 g/mol. The van der Waals surface area contributed by atoms with Crippen LogP contribution in [0.2, 0.25) is 0 Å². The summed E-state index contributed by atoms with van der Waals surface area (Å²) in [6.07, 6.45) is 3.70. The van der Waals surface area contributed by atoms with E-state index in [1.807, 2.05) is 42.3 Å². The molecule has 7 heteroatoms. The number of rotatable bonds is 2. The zero-order valence-corrected chi connectivity index (χ0v) is 15.9. The van der Waals surface area contributed by atoms with E-state index >= 15 is 0 Å². The smallest absolute Gasteiger partial charge is 0.254 e. The highest BCUT2D eigenvalue weighted by Crippen LogP contribution is 2.23. The van der Waals surface area contributed by atoms with E-state index in [1.165, 1.54) is 0 Å². The van der Waals surface area contributed by atoms with E-state index in [0.29, 0.717) is 26.3 Å². The Morgan fingerprint density at radius 1 is 1.24 bits per heavy atom.